The molecule has 0 aromatic heterocycles. The van der Waals surface area contributed by atoms with Crippen molar-refractivity contribution < 1.29 is 19.4 Å². The predicted octanol–water partition coefficient (Wildman–Crippen LogP) is 12.3. The summed E-state index contributed by atoms with van der Waals surface area (Å²) < 4.78 is 11.0. The van der Waals surface area contributed by atoms with E-state index in [1.165, 1.54) is 0 Å². The van der Waals surface area contributed by atoms with Crippen molar-refractivity contribution in [3.05, 3.63) is 134 Å². The highest BCUT2D eigenvalue weighted by atomic mass is 16.6. The van der Waals surface area contributed by atoms with Gasteiger partial charge in [-0.1, -0.05) is 148 Å². The maximum absolute atomic E-state index is 12.1. The first-order valence-corrected chi connectivity index (χ1v) is 18.8. The highest BCUT2D eigenvalue weighted by molar-refractivity contribution is 5.69. The Bertz CT molecular complexity index is 1060. The Morgan fingerprint density at radius 1 is 0.490 bits per heavy atom. The number of carbonyl (C=O) groups excluding carboxylic acids is 1. The number of unbranched alkanes of at least 4 members (excludes halogenated alkanes) is 2. The second kappa shape index (κ2) is 40.7. The van der Waals surface area contributed by atoms with Gasteiger partial charge in [0.2, 0.25) is 0 Å². The molecule has 272 valence electrons. The molecule has 1 unspecified atom stereocenters. The van der Waals surface area contributed by atoms with E-state index in [1.54, 1.807) is 0 Å². The van der Waals surface area contributed by atoms with Gasteiger partial charge in [-0.2, -0.15) is 0 Å². The van der Waals surface area contributed by atoms with Crippen molar-refractivity contribution in [2.75, 3.05) is 19.8 Å². The molecule has 0 heterocycles. The van der Waals surface area contributed by atoms with Gasteiger partial charge >= 0.3 is 5.97 Å². The number of rotatable bonds is 32. The lowest BCUT2D eigenvalue weighted by Gasteiger charge is -2.15. The summed E-state index contributed by atoms with van der Waals surface area (Å²) >= 11 is 0. The number of hydrogen-bond donors (Lipinski definition) is 1. The van der Waals surface area contributed by atoms with Crippen LogP contribution in [0.15, 0.2) is 134 Å². The number of hydrogen-bond acceptors (Lipinski definition) is 4. The molecule has 1 N–H and O–H groups in total. The quantitative estimate of drug-likeness (QED) is 0.0439. The molecule has 0 fully saturated rings. The molecule has 0 aliphatic rings. The zero-order chi connectivity index (χ0) is 35.6. The topological polar surface area (TPSA) is 55.8 Å². The second-order valence-corrected chi connectivity index (χ2v) is 11.5. The minimum atomic E-state index is -0.605. The van der Waals surface area contributed by atoms with Gasteiger partial charge in [0.15, 0.2) is 0 Å². The third kappa shape index (κ3) is 38.9. The van der Waals surface area contributed by atoms with E-state index in [2.05, 4.69) is 148 Å². The number of aliphatic hydroxyl groups is 1. The SMILES string of the molecule is CC/C=C\C/C=C\C/C=C\C/C=C\C/C=C\C/C=C\CCCOCC(CO)OC(=O)CCC/C=C\C/C=C\C/C=C\C/C=C\C/C=C\CC. The molecular weight excluding hydrogens is 604 g/mol. The molecule has 0 amide bonds. The van der Waals surface area contributed by atoms with E-state index in [0.717, 1.165) is 96.3 Å². The second-order valence-electron chi connectivity index (χ2n) is 11.5. The van der Waals surface area contributed by atoms with Crippen molar-refractivity contribution in [1.29, 1.82) is 0 Å². The molecule has 0 saturated heterocycles. The van der Waals surface area contributed by atoms with Gasteiger partial charge in [-0.25, -0.2) is 0 Å². The number of ether oxygens (including phenoxy) is 2. The Hall–Kier alpha value is -3.47. The van der Waals surface area contributed by atoms with Crippen LogP contribution in [0, 0.1) is 0 Å². The van der Waals surface area contributed by atoms with E-state index in [1.807, 2.05) is 0 Å². The van der Waals surface area contributed by atoms with Crippen molar-refractivity contribution in [3.8, 4) is 0 Å². The van der Waals surface area contributed by atoms with Crippen molar-refractivity contribution in [3.63, 3.8) is 0 Å². The van der Waals surface area contributed by atoms with E-state index in [0.29, 0.717) is 13.0 Å². The predicted molar refractivity (Wildman–Crippen MR) is 214 cm³/mol. The van der Waals surface area contributed by atoms with Crippen LogP contribution >= 0.6 is 0 Å². The maximum atomic E-state index is 12.1. The molecule has 0 aromatic carbocycles. The number of carbonyl (C=O) groups is 1. The molecular formula is C45H68O4. The van der Waals surface area contributed by atoms with Gasteiger partial charge < -0.3 is 14.6 Å². The van der Waals surface area contributed by atoms with E-state index in [-0.39, 0.29) is 19.2 Å². The van der Waals surface area contributed by atoms with Crippen LogP contribution in [-0.2, 0) is 14.3 Å². The minimum Gasteiger partial charge on any atom is -0.457 e. The lowest BCUT2D eigenvalue weighted by molar-refractivity contribution is -0.154. The highest BCUT2D eigenvalue weighted by Gasteiger charge is 2.13. The summed E-state index contributed by atoms with van der Waals surface area (Å²) in [5.74, 6) is -0.284. The van der Waals surface area contributed by atoms with Gasteiger partial charge in [-0.05, 0) is 96.3 Å². The number of aliphatic hydroxyl groups excluding tert-OH is 1. The number of allylic oxidation sites excluding steroid dienone is 22. The lowest BCUT2D eigenvalue weighted by Crippen LogP contribution is -2.27. The van der Waals surface area contributed by atoms with Gasteiger partial charge in [0.05, 0.1) is 13.2 Å². The van der Waals surface area contributed by atoms with Crippen LogP contribution in [0.25, 0.3) is 0 Å². The van der Waals surface area contributed by atoms with Crippen LogP contribution in [0.2, 0.25) is 0 Å². The molecule has 0 aliphatic carbocycles. The molecule has 0 rings (SSSR count). The normalized spacial score (nSPS) is 13.9. The monoisotopic (exact) mass is 673 g/mol. The average Bonchev–Trinajstić information content (AvgIpc) is 3.11. The van der Waals surface area contributed by atoms with Crippen LogP contribution in [0.5, 0.6) is 0 Å². The summed E-state index contributed by atoms with van der Waals surface area (Å²) in [6.07, 6.45) is 62.2. The summed E-state index contributed by atoms with van der Waals surface area (Å²) in [5.41, 5.74) is 0. The largest absolute Gasteiger partial charge is 0.457 e. The molecule has 0 bridgehead atoms. The molecule has 4 heteroatoms. The van der Waals surface area contributed by atoms with Gasteiger partial charge in [0.1, 0.15) is 6.10 Å². The Morgan fingerprint density at radius 2 is 0.816 bits per heavy atom. The van der Waals surface area contributed by atoms with Crippen molar-refractivity contribution >= 4 is 5.97 Å². The van der Waals surface area contributed by atoms with E-state index in [4.69, 9.17) is 9.47 Å². The average molecular weight is 673 g/mol. The summed E-state index contributed by atoms with van der Waals surface area (Å²) in [5, 5.41) is 9.55. The van der Waals surface area contributed by atoms with Crippen molar-refractivity contribution in [2.45, 2.75) is 123 Å². The molecule has 4 nitrogen and oxygen atoms in total. The maximum Gasteiger partial charge on any atom is 0.306 e. The Kier molecular flexibility index (Phi) is 37.8. The van der Waals surface area contributed by atoms with Crippen molar-refractivity contribution in [2.24, 2.45) is 0 Å². The number of esters is 1. The molecule has 49 heavy (non-hydrogen) atoms. The first-order valence-electron chi connectivity index (χ1n) is 18.8. The van der Waals surface area contributed by atoms with Gasteiger partial charge in [-0.3, -0.25) is 4.79 Å². The van der Waals surface area contributed by atoms with E-state index < -0.39 is 6.10 Å². The van der Waals surface area contributed by atoms with Crippen LogP contribution in [0.1, 0.15) is 117 Å². The Labute approximate surface area is 300 Å². The molecule has 0 spiro atoms. The lowest BCUT2D eigenvalue weighted by atomic mass is 10.2. The molecule has 0 saturated carbocycles. The molecule has 0 aromatic rings. The van der Waals surface area contributed by atoms with Crippen LogP contribution in [0.3, 0.4) is 0 Å². The molecule has 0 radical (unpaired) electrons. The standard InChI is InChI=1S/C45H68O4/c1-3-5-7-9-11-13-15-17-19-21-22-23-25-27-29-31-33-35-37-39-41-48-43-44(42-46)49-45(47)40-38-36-34-32-30-28-26-24-20-18-16-14-12-10-8-6-4-2/h5-8,11-14,17-20,22-23,26-29,32-35,44,46H,3-4,9-10,15-16,21,24-25,30-31,36-43H2,1-2H3/b7-5-,8-6-,13-11-,14-12-,19-17-,20-18-,23-22-,28-26-,29-27-,34-32-,35-33-. The Balaban J connectivity index is 3.73. The van der Waals surface area contributed by atoms with Crippen LogP contribution < -0.4 is 0 Å². The van der Waals surface area contributed by atoms with Gasteiger partial charge in [0.25, 0.3) is 0 Å². The zero-order valence-corrected chi connectivity index (χ0v) is 30.9. The van der Waals surface area contributed by atoms with Gasteiger partial charge in [0, 0.05) is 13.0 Å². The smallest absolute Gasteiger partial charge is 0.306 e. The summed E-state index contributed by atoms with van der Waals surface area (Å²) in [6, 6.07) is 0. The van der Waals surface area contributed by atoms with E-state index in [9.17, 15) is 9.90 Å². The summed E-state index contributed by atoms with van der Waals surface area (Å²) in [7, 11) is 0. The summed E-state index contributed by atoms with van der Waals surface area (Å²) in [4.78, 5) is 12.1. The summed E-state index contributed by atoms with van der Waals surface area (Å²) in [6.45, 7) is 4.87. The van der Waals surface area contributed by atoms with E-state index >= 15 is 0 Å². The van der Waals surface area contributed by atoms with Crippen LogP contribution in [0.4, 0.5) is 0 Å². The zero-order valence-electron chi connectivity index (χ0n) is 30.9. The fourth-order valence-electron chi connectivity index (χ4n) is 4.26. The third-order valence-corrected chi connectivity index (χ3v) is 6.97. The third-order valence-electron chi connectivity index (χ3n) is 6.97. The molecule has 0 aliphatic heterocycles. The Morgan fingerprint density at radius 3 is 1.16 bits per heavy atom. The first-order chi connectivity index (χ1) is 24.2. The highest BCUT2D eigenvalue weighted by Crippen LogP contribution is 2.05. The fraction of sp³-hybridized carbons (Fsp3) is 0.489. The first kappa shape index (κ1) is 45.5. The van der Waals surface area contributed by atoms with Crippen molar-refractivity contribution in [1.82, 2.24) is 0 Å². The van der Waals surface area contributed by atoms with Crippen LogP contribution in [-0.4, -0.2) is 37.0 Å². The fourth-order valence-corrected chi connectivity index (χ4v) is 4.26. The minimum absolute atomic E-state index is 0.223. The van der Waals surface area contributed by atoms with Gasteiger partial charge in [-0.15, -0.1) is 0 Å². The molecule has 1 atom stereocenters.